The number of fused-ring (bicyclic) bond motifs is 3. The minimum Gasteiger partial charge on any atom is -0.493 e. The van der Waals surface area contributed by atoms with Gasteiger partial charge in [0, 0.05) is 12.3 Å². The van der Waals surface area contributed by atoms with E-state index in [0.717, 1.165) is 0 Å². The van der Waals surface area contributed by atoms with Gasteiger partial charge >= 0.3 is 23.8 Å². The summed E-state index contributed by atoms with van der Waals surface area (Å²) in [4.78, 5) is 25.8. The first-order valence-electron chi connectivity index (χ1n) is 12.5. The van der Waals surface area contributed by atoms with Gasteiger partial charge in [-0.1, -0.05) is 0 Å². The fraction of sp³-hybridized carbons (Fsp3) is 0.692. The van der Waals surface area contributed by atoms with Crippen LogP contribution in [0.15, 0.2) is 12.1 Å². The Bertz CT molecular complexity index is 1080. The number of hydrogen-bond donors (Lipinski definition) is 0. The number of carbonyl (C=O) groups is 2. The fourth-order valence-corrected chi connectivity index (χ4v) is 6.70. The number of benzene rings is 1. The molecule has 0 radical (unpaired) electrons. The van der Waals surface area contributed by atoms with Crippen molar-refractivity contribution in [2.45, 2.75) is 56.2 Å². The summed E-state index contributed by atoms with van der Waals surface area (Å²) in [5.74, 6) is -11.9. The number of halogens is 4. The summed E-state index contributed by atoms with van der Waals surface area (Å²) in [6, 6.07) is 2.73. The first-order valence-corrected chi connectivity index (χ1v) is 12.5. The van der Waals surface area contributed by atoms with Gasteiger partial charge in [-0.2, -0.15) is 17.6 Å². The van der Waals surface area contributed by atoms with Crippen molar-refractivity contribution >= 4 is 11.9 Å². The molecule has 1 heterocycles. The zero-order chi connectivity index (χ0) is 27.5. The van der Waals surface area contributed by atoms with Crippen molar-refractivity contribution in [3.8, 4) is 17.2 Å². The molecule has 1 saturated heterocycles. The van der Waals surface area contributed by atoms with Crippen molar-refractivity contribution in [1.82, 2.24) is 0 Å². The summed E-state index contributed by atoms with van der Waals surface area (Å²) >= 11 is 0. The Kier molecular flexibility index (Phi) is 6.57. The number of hydrogen-bond acceptors (Lipinski definition) is 8. The molecule has 4 aliphatic rings. The molecule has 210 valence electrons. The molecule has 1 aromatic rings. The lowest BCUT2D eigenvalue weighted by molar-refractivity contribution is -0.311. The third-order valence-corrected chi connectivity index (χ3v) is 8.75. The van der Waals surface area contributed by atoms with Crippen molar-refractivity contribution in [1.29, 1.82) is 0 Å². The van der Waals surface area contributed by atoms with Crippen LogP contribution < -0.4 is 14.2 Å². The van der Waals surface area contributed by atoms with Crippen LogP contribution in [0.25, 0.3) is 0 Å². The minimum atomic E-state index is -4.36. The van der Waals surface area contributed by atoms with Crippen molar-refractivity contribution in [2.75, 3.05) is 34.5 Å². The molecular formula is C26H30F4O8. The van der Waals surface area contributed by atoms with Gasteiger partial charge in [-0.25, -0.2) is 4.79 Å². The van der Waals surface area contributed by atoms with E-state index in [0.29, 0.717) is 25.7 Å². The molecule has 8 nitrogen and oxygen atoms in total. The molecule has 1 aliphatic heterocycles. The van der Waals surface area contributed by atoms with Crippen LogP contribution in [-0.2, 0) is 19.0 Å². The van der Waals surface area contributed by atoms with Crippen LogP contribution in [-0.4, -0.2) is 64.1 Å². The van der Waals surface area contributed by atoms with Crippen LogP contribution in [0.5, 0.6) is 17.2 Å². The number of esters is 2. The number of methoxy groups -OCH3 is 3. The number of ether oxygens (including phenoxy) is 6. The van der Waals surface area contributed by atoms with Crippen LogP contribution in [0.2, 0.25) is 0 Å². The van der Waals surface area contributed by atoms with Gasteiger partial charge in [0.1, 0.15) is 13.2 Å². The molecule has 4 unspecified atom stereocenters. The van der Waals surface area contributed by atoms with Crippen LogP contribution in [0, 0.1) is 23.2 Å². The van der Waals surface area contributed by atoms with Crippen LogP contribution >= 0.6 is 0 Å². The van der Waals surface area contributed by atoms with E-state index in [2.05, 4.69) is 0 Å². The smallest absolute Gasteiger partial charge is 0.338 e. The maximum atomic E-state index is 14.1. The summed E-state index contributed by atoms with van der Waals surface area (Å²) in [7, 11) is 3.91. The Hall–Kier alpha value is -2.60. The van der Waals surface area contributed by atoms with E-state index in [4.69, 9.17) is 28.4 Å². The SMILES string of the molecule is COC(=O)c1cc(OC)c(OC(=O)C23CCC4CC5(OCC(F)(F)C(F)(F)CO5)C(CC4C2)C3)c(OC)c1. The van der Waals surface area contributed by atoms with E-state index in [-0.39, 0.29) is 47.5 Å². The average Bonchev–Trinajstić information content (AvgIpc) is 2.98. The zero-order valence-corrected chi connectivity index (χ0v) is 21.3. The highest BCUT2D eigenvalue weighted by molar-refractivity contribution is 5.91. The molecule has 38 heavy (non-hydrogen) atoms. The van der Waals surface area contributed by atoms with Gasteiger partial charge < -0.3 is 28.4 Å². The van der Waals surface area contributed by atoms with E-state index in [1.807, 2.05) is 0 Å². The van der Waals surface area contributed by atoms with Crippen molar-refractivity contribution < 1.29 is 55.6 Å². The van der Waals surface area contributed by atoms with Crippen molar-refractivity contribution in [3.63, 3.8) is 0 Å². The maximum Gasteiger partial charge on any atom is 0.338 e. The van der Waals surface area contributed by atoms with Crippen LogP contribution in [0.1, 0.15) is 48.9 Å². The Morgan fingerprint density at radius 3 is 2.05 bits per heavy atom. The van der Waals surface area contributed by atoms with Gasteiger partial charge in [0.15, 0.2) is 17.3 Å². The third kappa shape index (κ3) is 4.20. The Morgan fingerprint density at radius 1 is 0.895 bits per heavy atom. The van der Waals surface area contributed by atoms with Crippen LogP contribution in [0.3, 0.4) is 0 Å². The van der Waals surface area contributed by atoms with Gasteiger partial charge in [0.25, 0.3) is 0 Å². The second-order valence-corrected chi connectivity index (χ2v) is 10.8. The third-order valence-electron chi connectivity index (χ3n) is 8.75. The Morgan fingerprint density at radius 2 is 1.50 bits per heavy atom. The molecule has 3 bridgehead atoms. The lowest BCUT2D eigenvalue weighted by atomic mass is 9.50. The summed E-state index contributed by atoms with van der Waals surface area (Å²) in [6.07, 6.45) is 2.50. The van der Waals surface area contributed by atoms with Crippen molar-refractivity contribution in [2.24, 2.45) is 23.2 Å². The molecule has 5 rings (SSSR count). The van der Waals surface area contributed by atoms with E-state index in [1.54, 1.807) is 0 Å². The van der Waals surface area contributed by atoms with Crippen LogP contribution in [0.4, 0.5) is 17.6 Å². The second-order valence-electron chi connectivity index (χ2n) is 10.8. The Balaban J connectivity index is 1.44. The van der Waals surface area contributed by atoms with Gasteiger partial charge in [-0.15, -0.1) is 0 Å². The molecule has 1 aromatic carbocycles. The standard InChI is InChI=1S/C26H30F4O8/c1-33-18-7-15(21(31)35-3)8-19(34-2)20(18)38-22(32)23-5-4-14-10-24(17(11-23)6-16(14)9-23)36-12-25(27,28)26(29,30)13-37-24/h7-8,14,16-17H,4-6,9-13H2,1-3H3. The molecule has 12 heteroatoms. The summed E-state index contributed by atoms with van der Waals surface area (Å²) in [6.45, 7) is -2.90. The lowest BCUT2D eigenvalue weighted by Crippen LogP contribution is -2.60. The molecule has 0 aromatic heterocycles. The average molecular weight is 547 g/mol. The monoisotopic (exact) mass is 546 g/mol. The zero-order valence-electron chi connectivity index (χ0n) is 21.3. The van der Waals surface area contributed by atoms with E-state index in [1.165, 1.54) is 33.5 Å². The highest BCUT2D eigenvalue weighted by Crippen LogP contribution is 2.63. The summed E-state index contributed by atoms with van der Waals surface area (Å²) < 4.78 is 88.7. The van der Waals surface area contributed by atoms with E-state index < -0.39 is 54.1 Å². The molecule has 0 N–H and O–H groups in total. The topological polar surface area (TPSA) is 89.5 Å². The maximum absolute atomic E-state index is 14.1. The van der Waals surface area contributed by atoms with E-state index >= 15 is 0 Å². The highest BCUT2D eigenvalue weighted by Gasteiger charge is 2.66. The van der Waals surface area contributed by atoms with E-state index in [9.17, 15) is 27.2 Å². The predicted octanol–water partition coefficient (Wildman–Crippen LogP) is 4.63. The molecule has 0 amide bonds. The minimum absolute atomic E-state index is 0.0174. The first kappa shape index (κ1) is 27.0. The molecule has 4 atom stereocenters. The molecule has 3 saturated carbocycles. The van der Waals surface area contributed by atoms with Gasteiger partial charge in [0.05, 0.1) is 32.3 Å². The van der Waals surface area contributed by atoms with Gasteiger partial charge in [-0.05, 0) is 56.1 Å². The molecule has 1 spiro atoms. The number of rotatable bonds is 5. The van der Waals surface area contributed by atoms with Gasteiger partial charge in [0.2, 0.25) is 5.75 Å². The predicted molar refractivity (Wildman–Crippen MR) is 122 cm³/mol. The fourth-order valence-electron chi connectivity index (χ4n) is 6.70. The quantitative estimate of drug-likeness (QED) is 0.300. The Labute approximate surface area is 216 Å². The normalized spacial score (nSPS) is 32.2. The molecular weight excluding hydrogens is 516 g/mol. The highest BCUT2D eigenvalue weighted by atomic mass is 19.3. The largest absolute Gasteiger partial charge is 0.493 e. The summed E-state index contributed by atoms with van der Waals surface area (Å²) in [5, 5.41) is 0. The second kappa shape index (κ2) is 9.25. The summed E-state index contributed by atoms with van der Waals surface area (Å²) in [5.41, 5.74) is -0.872. The number of carbonyl (C=O) groups excluding carboxylic acids is 2. The number of alkyl halides is 4. The first-order chi connectivity index (χ1) is 17.9. The lowest BCUT2D eigenvalue weighted by Gasteiger charge is -2.59. The van der Waals surface area contributed by atoms with Crippen molar-refractivity contribution in [3.05, 3.63) is 17.7 Å². The molecule has 4 fully saturated rings. The van der Waals surface area contributed by atoms with Gasteiger partial charge in [-0.3, -0.25) is 4.79 Å². The molecule has 3 aliphatic carbocycles.